The first-order valence-corrected chi connectivity index (χ1v) is 4.10. The second kappa shape index (κ2) is 2.93. The van der Waals surface area contributed by atoms with Crippen LogP contribution in [-0.4, -0.2) is 15.1 Å². The first kappa shape index (κ1) is 9.31. The molecule has 0 rings (SSSR count). The second-order valence-corrected chi connectivity index (χ2v) is 4.21. The molecule has 0 amide bonds. The third kappa shape index (κ3) is 2.18. The zero-order valence-electron chi connectivity index (χ0n) is 6.00. The molecule has 0 fully saturated rings. The summed E-state index contributed by atoms with van der Waals surface area (Å²) in [6, 6.07) is 0. The van der Waals surface area contributed by atoms with Gasteiger partial charge in [0, 0.05) is 0 Å². The maximum Gasteiger partial charge on any atom is 0.186 e. The van der Waals surface area contributed by atoms with Gasteiger partial charge >= 0.3 is 0 Å². The summed E-state index contributed by atoms with van der Waals surface area (Å²) in [6.45, 7) is 5.37. The molecule has 56 valence electrons. The molecule has 9 heavy (non-hydrogen) atoms. The molecule has 0 aliphatic rings. The summed E-state index contributed by atoms with van der Waals surface area (Å²) in [5.41, 5.74) is 5.53. The summed E-state index contributed by atoms with van der Waals surface area (Å²) in [5, 5.41) is -0.824. The van der Waals surface area contributed by atoms with Crippen LogP contribution in [0.3, 0.4) is 0 Å². The highest BCUT2D eigenvalue weighted by Gasteiger charge is 2.31. The Balaban J connectivity index is 4.01. The fourth-order valence-electron chi connectivity index (χ4n) is 0.231. The summed E-state index contributed by atoms with van der Waals surface area (Å²) in [4.78, 5) is 17.5. The maximum absolute atomic E-state index is 8.75. The van der Waals surface area contributed by atoms with E-state index in [-0.39, 0.29) is 5.92 Å². The van der Waals surface area contributed by atoms with E-state index in [0.29, 0.717) is 0 Å². The van der Waals surface area contributed by atoms with Crippen molar-refractivity contribution < 1.29 is 9.79 Å². The lowest BCUT2D eigenvalue weighted by molar-refractivity contribution is 0.373. The zero-order valence-corrected chi connectivity index (χ0v) is 6.89. The zero-order chi connectivity index (χ0) is 7.65. The normalized spacial score (nSPS) is 18.7. The van der Waals surface area contributed by atoms with Crippen molar-refractivity contribution in [1.29, 1.82) is 0 Å². The molecule has 0 aromatic rings. The smallest absolute Gasteiger partial charge is 0.186 e. The van der Waals surface area contributed by atoms with Gasteiger partial charge in [0.05, 0.1) is 5.28 Å². The van der Waals surface area contributed by atoms with Gasteiger partial charge in [-0.15, -0.1) is 0 Å². The van der Waals surface area contributed by atoms with Gasteiger partial charge in [-0.1, -0.05) is 13.8 Å². The van der Waals surface area contributed by atoms with Crippen LogP contribution in [0.1, 0.15) is 20.8 Å². The van der Waals surface area contributed by atoms with Crippen molar-refractivity contribution >= 4 is 8.38 Å². The molecule has 0 aromatic carbocycles. The third-order valence-electron chi connectivity index (χ3n) is 1.60. The Morgan fingerprint density at radius 2 is 1.78 bits per heavy atom. The van der Waals surface area contributed by atoms with Gasteiger partial charge in [-0.25, -0.2) is 0 Å². The maximum atomic E-state index is 8.75. The fourth-order valence-corrected chi connectivity index (χ4v) is 0.693. The monoisotopic (exact) mass is 151 g/mol. The van der Waals surface area contributed by atoms with E-state index < -0.39 is 13.7 Å². The molecule has 0 aliphatic carbocycles. The van der Waals surface area contributed by atoms with Crippen LogP contribution in [0.5, 0.6) is 0 Å². The fraction of sp³-hybridized carbons (Fsp3) is 1.00. The SMILES string of the molecule is CC(C)C(C)(N)P(O)O. The summed E-state index contributed by atoms with van der Waals surface area (Å²) >= 11 is 0. The van der Waals surface area contributed by atoms with Gasteiger partial charge in [0.25, 0.3) is 0 Å². The molecule has 0 aromatic heterocycles. The minimum atomic E-state index is -2.01. The van der Waals surface area contributed by atoms with Crippen molar-refractivity contribution in [1.82, 2.24) is 0 Å². The van der Waals surface area contributed by atoms with Crippen LogP contribution in [-0.2, 0) is 0 Å². The average molecular weight is 151 g/mol. The Morgan fingerprint density at radius 1 is 1.44 bits per heavy atom. The van der Waals surface area contributed by atoms with E-state index in [1.807, 2.05) is 13.8 Å². The molecule has 0 saturated heterocycles. The van der Waals surface area contributed by atoms with Gasteiger partial charge in [0.15, 0.2) is 8.38 Å². The summed E-state index contributed by atoms with van der Waals surface area (Å²) in [5.74, 6) is 0.0959. The lowest BCUT2D eigenvalue weighted by Gasteiger charge is -2.29. The van der Waals surface area contributed by atoms with Crippen LogP contribution in [0.4, 0.5) is 0 Å². The van der Waals surface area contributed by atoms with Crippen LogP contribution in [0.15, 0.2) is 0 Å². The Morgan fingerprint density at radius 3 is 1.78 bits per heavy atom. The van der Waals surface area contributed by atoms with E-state index in [0.717, 1.165) is 0 Å². The highest BCUT2D eigenvalue weighted by atomic mass is 31.2. The topological polar surface area (TPSA) is 66.5 Å². The van der Waals surface area contributed by atoms with Crippen molar-refractivity contribution in [2.75, 3.05) is 0 Å². The highest BCUT2D eigenvalue weighted by Crippen LogP contribution is 2.42. The molecule has 0 bridgehead atoms. The molecule has 3 nitrogen and oxygen atoms in total. The van der Waals surface area contributed by atoms with Gasteiger partial charge in [-0.2, -0.15) is 0 Å². The molecule has 0 heterocycles. The first-order chi connectivity index (χ1) is 3.89. The Bertz CT molecular complexity index is 83.0. The molecule has 0 saturated carbocycles. The van der Waals surface area contributed by atoms with Gasteiger partial charge in [0.1, 0.15) is 0 Å². The Labute approximate surface area is 56.8 Å². The molecule has 0 aliphatic heterocycles. The van der Waals surface area contributed by atoms with Crippen LogP contribution < -0.4 is 5.73 Å². The first-order valence-electron chi connectivity index (χ1n) is 2.86. The van der Waals surface area contributed by atoms with Crippen molar-refractivity contribution in [3.05, 3.63) is 0 Å². The van der Waals surface area contributed by atoms with Crippen LogP contribution >= 0.6 is 8.38 Å². The standard InChI is InChI=1S/C5H14NO2P/c1-4(2)5(3,6)9(7)8/h4,7-8H,6H2,1-3H3. The molecular weight excluding hydrogens is 137 g/mol. The van der Waals surface area contributed by atoms with E-state index in [9.17, 15) is 0 Å². The molecule has 1 atom stereocenters. The van der Waals surface area contributed by atoms with Crippen LogP contribution in [0, 0.1) is 5.92 Å². The number of hydrogen-bond donors (Lipinski definition) is 3. The van der Waals surface area contributed by atoms with Gasteiger partial charge in [-0.3, -0.25) is 0 Å². The van der Waals surface area contributed by atoms with Gasteiger partial charge in [-0.05, 0) is 12.8 Å². The predicted octanol–water partition coefficient (Wildman–Crippen LogP) is 0.614. The van der Waals surface area contributed by atoms with E-state index in [1.54, 1.807) is 6.92 Å². The molecular formula is C5H14NO2P. The van der Waals surface area contributed by atoms with E-state index >= 15 is 0 Å². The average Bonchev–Trinajstić information content (AvgIpc) is 1.65. The van der Waals surface area contributed by atoms with E-state index in [1.165, 1.54) is 0 Å². The molecule has 4 N–H and O–H groups in total. The van der Waals surface area contributed by atoms with Crippen molar-refractivity contribution in [2.45, 2.75) is 26.1 Å². The summed E-state index contributed by atoms with van der Waals surface area (Å²) in [7, 11) is -2.01. The van der Waals surface area contributed by atoms with E-state index in [4.69, 9.17) is 15.5 Å². The Kier molecular flexibility index (Phi) is 3.03. The quantitative estimate of drug-likeness (QED) is 0.506. The summed E-state index contributed by atoms with van der Waals surface area (Å²) < 4.78 is 0. The number of nitrogens with two attached hydrogens (primary N) is 1. The van der Waals surface area contributed by atoms with Crippen LogP contribution in [0.2, 0.25) is 0 Å². The van der Waals surface area contributed by atoms with Crippen LogP contribution in [0.25, 0.3) is 0 Å². The molecule has 0 spiro atoms. The lowest BCUT2D eigenvalue weighted by atomic mass is 10.1. The highest BCUT2D eigenvalue weighted by molar-refractivity contribution is 7.46. The van der Waals surface area contributed by atoms with Crippen molar-refractivity contribution in [3.63, 3.8) is 0 Å². The predicted molar refractivity (Wildman–Crippen MR) is 38.8 cm³/mol. The molecule has 4 heteroatoms. The summed E-state index contributed by atoms with van der Waals surface area (Å²) in [6.07, 6.45) is 0. The van der Waals surface area contributed by atoms with Crippen molar-refractivity contribution in [2.24, 2.45) is 11.7 Å². The van der Waals surface area contributed by atoms with Gasteiger partial charge in [0.2, 0.25) is 0 Å². The van der Waals surface area contributed by atoms with Gasteiger partial charge < -0.3 is 15.5 Å². The van der Waals surface area contributed by atoms with E-state index in [2.05, 4.69) is 0 Å². The van der Waals surface area contributed by atoms with Crippen molar-refractivity contribution in [3.8, 4) is 0 Å². The largest absolute Gasteiger partial charge is 0.349 e. The Hall–Kier alpha value is 0.310. The molecule has 1 unspecified atom stereocenters. The minimum absolute atomic E-state index is 0.0959. The third-order valence-corrected chi connectivity index (χ3v) is 2.98. The number of rotatable bonds is 2. The number of hydrogen-bond acceptors (Lipinski definition) is 3. The second-order valence-electron chi connectivity index (χ2n) is 2.67. The lowest BCUT2D eigenvalue weighted by Crippen LogP contribution is -2.39. The minimum Gasteiger partial charge on any atom is -0.349 e. The molecule has 0 radical (unpaired) electrons.